The van der Waals surface area contributed by atoms with Crippen LogP contribution >= 0.6 is 11.3 Å². The van der Waals surface area contributed by atoms with Crippen LogP contribution in [-0.2, 0) is 10.0 Å². The van der Waals surface area contributed by atoms with Crippen molar-refractivity contribution in [3.8, 4) is 21.9 Å². The van der Waals surface area contributed by atoms with Gasteiger partial charge in [0.1, 0.15) is 0 Å². The maximum absolute atomic E-state index is 12.9. The van der Waals surface area contributed by atoms with Crippen molar-refractivity contribution in [1.82, 2.24) is 0 Å². The summed E-state index contributed by atoms with van der Waals surface area (Å²) >= 11 is 1.25. The number of ketones is 1. The molecular weight excluding hydrogens is 398 g/mol. The van der Waals surface area contributed by atoms with Gasteiger partial charge < -0.3 is 9.47 Å². The van der Waals surface area contributed by atoms with Crippen LogP contribution in [0.2, 0.25) is 0 Å². The molecule has 1 N–H and O–H groups in total. The zero-order valence-corrected chi connectivity index (χ0v) is 17.2. The highest BCUT2D eigenvalue weighted by molar-refractivity contribution is 7.92. The number of hydrogen-bond acceptors (Lipinski definition) is 6. The first-order chi connectivity index (χ1) is 13.4. The lowest BCUT2D eigenvalue weighted by Crippen LogP contribution is -2.14. The topological polar surface area (TPSA) is 81.7 Å². The number of anilines is 1. The fraction of sp³-hybridized carbons (Fsp3) is 0.150. The highest BCUT2D eigenvalue weighted by Gasteiger charge is 2.22. The molecule has 1 aromatic heterocycles. The molecule has 3 aromatic rings. The number of ether oxygens (including phenoxy) is 2. The van der Waals surface area contributed by atoms with E-state index in [1.807, 2.05) is 30.3 Å². The molecule has 0 bridgehead atoms. The largest absolute Gasteiger partial charge is 0.493 e. The van der Waals surface area contributed by atoms with Crippen LogP contribution in [0.25, 0.3) is 10.4 Å². The Labute approximate surface area is 167 Å². The summed E-state index contributed by atoms with van der Waals surface area (Å²) in [4.78, 5) is 13.2. The van der Waals surface area contributed by atoms with E-state index in [1.54, 1.807) is 6.07 Å². The van der Waals surface area contributed by atoms with Gasteiger partial charge in [-0.25, -0.2) is 8.42 Å². The predicted octanol–water partition coefficient (Wildman–Crippen LogP) is 4.44. The van der Waals surface area contributed by atoms with Gasteiger partial charge in [0, 0.05) is 17.9 Å². The molecule has 0 spiro atoms. The van der Waals surface area contributed by atoms with Crippen molar-refractivity contribution in [1.29, 1.82) is 0 Å². The lowest BCUT2D eigenvalue weighted by Gasteiger charge is -2.11. The van der Waals surface area contributed by atoms with Crippen LogP contribution in [0.3, 0.4) is 0 Å². The third-order valence-corrected chi connectivity index (χ3v) is 6.67. The van der Waals surface area contributed by atoms with Gasteiger partial charge in [0.05, 0.1) is 29.7 Å². The molecule has 2 aromatic carbocycles. The molecule has 28 heavy (non-hydrogen) atoms. The van der Waals surface area contributed by atoms with E-state index in [9.17, 15) is 13.2 Å². The number of rotatable bonds is 7. The van der Waals surface area contributed by atoms with E-state index in [0.29, 0.717) is 16.4 Å². The number of benzene rings is 2. The Bertz CT molecular complexity index is 1100. The molecule has 0 atom stereocenters. The Hall–Kier alpha value is -2.84. The first-order valence-electron chi connectivity index (χ1n) is 8.30. The van der Waals surface area contributed by atoms with E-state index >= 15 is 0 Å². The van der Waals surface area contributed by atoms with Gasteiger partial charge in [-0.15, -0.1) is 11.3 Å². The molecule has 3 rings (SSSR count). The average Bonchev–Trinajstić information content (AvgIpc) is 3.11. The maximum atomic E-state index is 12.9. The molecule has 0 saturated heterocycles. The van der Waals surface area contributed by atoms with Crippen molar-refractivity contribution in [3.63, 3.8) is 0 Å². The molecule has 0 aliphatic carbocycles. The average molecular weight is 418 g/mol. The van der Waals surface area contributed by atoms with Crippen LogP contribution in [0, 0.1) is 0 Å². The Balaban J connectivity index is 2.00. The Morgan fingerprint density at radius 1 is 0.964 bits per heavy atom. The van der Waals surface area contributed by atoms with Crippen molar-refractivity contribution in [2.24, 2.45) is 0 Å². The first kappa shape index (κ1) is 19.9. The van der Waals surface area contributed by atoms with E-state index in [2.05, 4.69) is 4.72 Å². The molecule has 1 heterocycles. The normalized spacial score (nSPS) is 11.1. The van der Waals surface area contributed by atoms with Crippen molar-refractivity contribution >= 4 is 32.8 Å². The summed E-state index contributed by atoms with van der Waals surface area (Å²) in [6.07, 6.45) is 0. The van der Waals surface area contributed by atoms with Gasteiger partial charge in [0.2, 0.25) is 0 Å². The Morgan fingerprint density at radius 3 is 2.25 bits per heavy atom. The summed E-state index contributed by atoms with van der Waals surface area (Å²) in [6, 6.07) is 15.5. The monoisotopic (exact) mass is 417 g/mol. The second-order valence-corrected chi connectivity index (χ2v) is 8.63. The lowest BCUT2D eigenvalue weighted by atomic mass is 10.2. The predicted molar refractivity (Wildman–Crippen MR) is 110 cm³/mol. The Morgan fingerprint density at radius 2 is 1.64 bits per heavy atom. The number of hydrogen-bond donors (Lipinski definition) is 1. The Kier molecular flexibility index (Phi) is 5.71. The molecule has 146 valence electrons. The molecule has 0 saturated carbocycles. The van der Waals surface area contributed by atoms with Crippen molar-refractivity contribution in [2.75, 3.05) is 18.9 Å². The summed E-state index contributed by atoms with van der Waals surface area (Å²) in [5.41, 5.74) is 1.16. The summed E-state index contributed by atoms with van der Waals surface area (Å²) in [7, 11) is -1.02. The third-order valence-electron chi connectivity index (χ3n) is 4.02. The van der Waals surface area contributed by atoms with E-state index in [4.69, 9.17) is 9.47 Å². The van der Waals surface area contributed by atoms with Gasteiger partial charge in [-0.1, -0.05) is 30.3 Å². The minimum atomic E-state index is -3.93. The second-order valence-electron chi connectivity index (χ2n) is 5.90. The quantitative estimate of drug-likeness (QED) is 0.575. The standard InChI is InChI=1S/C20H19NO5S2/c1-13(22)20-16(12-19(27-20)14-7-5-4-6-8-14)21-28(23,24)15-9-10-17(25-2)18(11-15)26-3/h4-12,21H,1-3H3. The number of thiophene rings is 1. The lowest BCUT2D eigenvalue weighted by molar-refractivity contribution is 0.102. The SMILES string of the molecule is COc1ccc(S(=O)(=O)Nc2cc(-c3ccccc3)sc2C(C)=O)cc1OC. The van der Waals surface area contributed by atoms with Crippen LogP contribution < -0.4 is 14.2 Å². The third kappa shape index (κ3) is 4.02. The van der Waals surface area contributed by atoms with Crippen LogP contribution in [0.1, 0.15) is 16.6 Å². The first-order valence-corrected chi connectivity index (χ1v) is 10.6. The second kappa shape index (κ2) is 8.04. The van der Waals surface area contributed by atoms with E-state index in [0.717, 1.165) is 10.4 Å². The molecule has 0 fully saturated rings. The highest BCUT2D eigenvalue weighted by atomic mass is 32.2. The fourth-order valence-corrected chi connectivity index (χ4v) is 4.82. The summed E-state index contributed by atoms with van der Waals surface area (Å²) in [5, 5.41) is 0. The number of methoxy groups -OCH3 is 2. The van der Waals surface area contributed by atoms with Gasteiger partial charge in [0.25, 0.3) is 10.0 Å². The molecular formula is C20H19NO5S2. The number of carbonyl (C=O) groups is 1. The zero-order valence-electron chi connectivity index (χ0n) is 15.6. The van der Waals surface area contributed by atoms with Crippen LogP contribution in [0.15, 0.2) is 59.5 Å². The number of nitrogens with one attached hydrogen (secondary N) is 1. The number of Topliss-reactive ketones (excluding diaryl/α,β-unsaturated/α-hetero) is 1. The smallest absolute Gasteiger partial charge is 0.262 e. The molecule has 0 aliphatic rings. The zero-order chi connectivity index (χ0) is 20.3. The van der Waals surface area contributed by atoms with Gasteiger partial charge in [-0.2, -0.15) is 0 Å². The number of sulfonamides is 1. The summed E-state index contributed by atoms with van der Waals surface area (Å²) in [5.74, 6) is 0.512. The summed E-state index contributed by atoms with van der Waals surface area (Å²) in [6.45, 7) is 1.41. The van der Waals surface area contributed by atoms with Crippen LogP contribution in [-0.4, -0.2) is 28.4 Å². The van der Waals surface area contributed by atoms with Crippen LogP contribution in [0.5, 0.6) is 11.5 Å². The minimum Gasteiger partial charge on any atom is -0.493 e. The molecule has 0 unspecified atom stereocenters. The van der Waals surface area contributed by atoms with E-state index in [1.165, 1.54) is 50.7 Å². The van der Waals surface area contributed by atoms with Gasteiger partial charge in [-0.05, 0) is 23.8 Å². The van der Waals surface area contributed by atoms with Crippen molar-refractivity contribution < 1.29 is 22.7 Å². The van der Waals surface area contributed by atoms with E-state index < -0.39 is 10.0 Å². The molecule has 6 nitrogen and oxygen atoms in total. The molecule has 0 amide bonds. The highest BCUT2D eigenvalue weighted by Crippen LogP contribution is 2.37. The van der Waals surface area contributed by atoms with Crippen molar-refractivity contribution in [3.05, 3.63) is 59.5 Å². The minimum absolute atomic E-state index is 0.00659. The molecule has 8 heteroatoms. The van der Waals surface area contributed by atoms with Crippen molar-refractivity contribution in [2.45, 2.75) is 11.8 Å². The van der Waals surface area contributed by atoms with Crippen LogP contribution in [0.4, 0.5) is 5.69 Å². The maximum Gasteiger partial charge on any atom is 0.262 e. The van der Waals surface area contributed by atoms with Gasteiger partial charge >= 0.3 is 0 Å². The van der Waals surface area contributed by atoms with E-state index in [-0.39, 0.29) is 16.4 Å². The molecule has 0 radical (unpaired) electrons. The van der Waals surface area contributed by atoms with Gasteiger partial charge in [-0.3, -0.25) is 9.52 Å². The number of carbonyl (C=O) groups excluding carboxylic acids is 1. The van der Waals surface area contributed by atoms with Gasteiger partial charge in [0.15, 0.2) is 17.3 Å². The summed E-state index contributed by atoms with van der Waals surface area (Å²) < 4.78 is 38.6. The fourth-order valence-electron chi connectivity index (χ4n) is 2.66. The molecule has 0 aliphatic heterocycles.